The molecule has 0 amide bonds. The van der Waals surface area contributed by atoms with Crippen molar-refractivity contribution in [3.05, 3.63) is 36.4 Å². The molecule has 0 radical (unpaired) electrons. The Morgan fingerprint density at radius 2 is 1.69 bits per heavy atom. The molecular formula is C12H18Si. The lowest BCUT2D eigenvalue weighted by Gasteiger charge is -2.10. The van der Waals surface area contributed by atoms with Gasteiger partial charge in [-0.2, -0.15) is 0 Å². The van der Waals surface area contributed by atoms with E-state index in [1.54, 1.807) is 5.19 Å². The van der Waals surface area contributed by atoms with Crippen molar-refractivity contribution in [1.29, 1.82) is 0 Å². The van der Waals surface area contributed by atoms with Crippen molar-refractivity contribution >= 4 is 20.1 Å². The third-order valence-corrected chi connectivity index (χ3v) is 5.93. The van der Waals surface area contributed by atoms with Crippen LogP contribution in [0.15, 0.2) is 30.8 Å². The van der Waals surface area contributed by atoms with Gasteiger partial charge in [0.05, 0.1) is 8.80 Å². The van der Waals surface area contributed by atoms with Crippen LogP contribution in [0.25, 0.3) is 6.08 Å². The van der Waals surface area contributed by atoms with Gasteiger partial charge in [0, 0.05) is 0 Å². The third kappa shape index (κ3) is 2.56. The molecule has 0 N–H and O–H groups in total. The first-order chi connectivity index (χ1) is 6.31. The fraction of sp³-hybridized carbons (Fsp3) is 0.333. The molecule has 0 aliphatic carbocycles. The predicted molar refractivity (Wildman–Crippen MR) is 64.3 cm³/mol. The van der Waals surface area contributed by atoms with E-state index in [9.17, 15) is 0 Å². The molecule has 1 aromatic rings. The van der Waals surface area contributed by atoms with E-state index >= 15 is 0 Å². The highest BCUT2D eigenvalue weighted by Crippen LogP contribution is 2.03. The summed E-state index contributed by atoms with van der Waals surface area (Å²) in [5.74, 6) is 0. The zero-order chi connectivity index (χ0) is 9.68. The molecule has 0 unspecified atom stereocenters. The summed E-state index contributed by atoms with van der Waals surface area (Å²) < 4.78 is 0. The van der Waals surface area contributed by atoms with Crippen molar-refractivity contribution in [2.45, 2.75) is 25.9 Å². The van der Waals surface area contributed by atoms with Gasteiger partial charge in [-0.1, -0.05) is 68.0 Å². The van der Waals surface area contributed by atoms with Gasteiger partial charge in [-0.3, -0.25) is 0 Å². The molecule has 0 nitrogen and oxygen atoms in total. The van der Waals surface area contributed by atoms with Crippen LogP contribution in [0, 0.1) is 0 Å². The summed E-state index contributed by atoms with van der Waals surface area (Å²) in [4.78, 5) is 0. The molecule has 0 bridgehead atoms. The molecule has 13 heavy (non-hydrogen) atoms. The van der Waals surface area contributed by atoms with E-state index in [0.717, 1.165) is 0 Å². The largest absolute Gasteiger partial charge is 0.0985 e. The Morgan fingerprint density at radius 1 is 1.15 bits per heavy atom. The van der Waals surface area contributed by atoms with Crippen LogP contribution in [-0.4, -0.2) is 8.80 Å². The van der Waals surface area contributed by atoms with Gasteiger partial charge in [0.15, 0.2) is 0 Å². The quantitative estimate of drug-likeness (QED) is 0.641. The maximum Gasteiger partial charge on any atom is 0.0702 e. The van der Waals surface area contributed by atoms with Crippen molar-refractivity contribution in [1.82, 2.24) is 0 Å². The van der Waals surface area contributed by atoms with E-state index in [1.165, 1.54) is 17.7 Å². The molecule has 1 aromatic carbocycles. The molecule has 0 fully saturated rings. The lowest BCUT2D eigenvalue weighted by Crippen LogP contribution is -2.27. The van der Waals surface area contributed by atoms with Gasteiger partial charge >= 0.3 is 0 Å². The van der Waals surface area contributed by atoms with Crippen molar-refractivity contribution in [3.8, 4) is 0 Å². The molecule has 0 saturated heterocycles. The second-order valence-electron chi connectivity index (χ2n) is 3.38. The zero-order valence-electron chi connectivity index (χ0n) is 8.59. The maximum absolute atomic E-state index is 3.76. The van der Waals surface area contributed by atoms with Crippen LogP contribution in [0.1, 0.15) is 19.4 Å². The first-order valence-electron chi connectivity index (χ1n) is 5.04. The van der Waals surface area contributed by atoms with Crippen LogP contribution in [0.5, 0.6) is 0 Å². The minimum Gasteiger partial charge on any atom is -0.0985 e. The Labute approximate surface area is 82.9 Å². The van der Waals surface area contributed by atoms with Crippen LogP contribution in [-0.2, 0) is 0 Å². The van der Waals surface area contributed by atoms with Gasteiger partial charge in [0.25, 0.3) is 0 Å². The molecule has 0 saturated carbocycles. The van der Waals surface area contributed by atoms with Gasteiger partial charge in [0.1, 0.15) is 0 Å². The lowest BCUT2D eigenvalue weighted by atomic mass is 10.2. The molecular weight excluding hydrogens is 172 g/mol. The summed E-state index contributed by atoms with van der Waals surface area (Å²) in [6, 6.07) is 11.6. The second-order valence-corrected chi connectivity index (χ2v) is 7.08. The number of hydrogen-bond acceptors (Lipinski definition) is 0. The fourth-order valence-electron chi connectivity index (χ4n) is 1.66. The SMILES string of the molecule is C=Cc1ccc([SiH](CC)CC)cc1. The van der Waals surface area contributed by atoms with E-state index in [1.807, 2.05) is 6.08 Å². The Bertz CT molecular complexity index is 257. The normalized spacial score (nSPS) is 10.4. The summed E-state index contributed by atoms with van der Waals surface area (Å²) in [5, 5.41) is 1.59. The molecule has 0 heterocycles. The van der Waals surface area contributed by atoms with E-state index in [-0.39, 0.29) is 0 Å². The minimum atomic E-state index is -0.616. The topological polar surface area (TPSA) is 0 Å². The Hall–Kier alpha value is -0.823. The summed E-state index contributed by atoms with van der Waals surface area (Å²) >= 11 is 0. The van der Waals surface area contributed by atoms with Crippen LogP contribution < -0.4 is 5.19 Å². The van der Waals surface area contributed by atoms with Crippen LogP contribution in [0.4, 0.5) is 0 Å². The highest BCUT2D eigenvalue weighted by Gasteiger charge is 2.07. The first-order valence-corrected chi connectivity index (χ1v) is 7.25. The van der Waals surface area contributed by atoms with Crippen molar-refractivity contribution in [2.24, 2.45) is 0 Å². The number of rotatable bonds is 4. The molecule has 0 atom stereocenters. The van der Waals surface area contributed by atoms with Crippen molar-refractivity contribution < 1.29 is 0 Å². The van der Waals surface area contributed by atoms with E-state index in [2.05, 4.69) is 44.7 Å². The molecule has 0 spiro atoms. The standard InChI is InChI=1S/C12H18Si/c1-4-11-7-9-12(10-8-11)13(5-2)6-3/h4,7-10,13H,1,5-6H2,2-3H3. The van der Waals surface area contributed by atoms with Gasteiger partial charge in [0.2, 0.25) is 0 Å². The lowest BCUT2D eigenvalue weighted by molar-refractivity contribution is 1.33. The average molecular weight is 190 g/mol. The average Bonchev–Trinajstić information content (AvgIpc) is 2.21. The van der Waals surface area contributed by atoms with E-state index in [0.29, 0.717) is 0 Å². The maximum atomic E-state index is 3.76. The smallest absolute Gasteiger partial charge is 0.0702 e. The third-order valence-electron chi connectivity index (χ3n) is 2.63. The summed E-state index contributed by atoms with van der Waals surface area (Å²) in [5.41, 5.74) is 1.23. The van der Waals surface area contributed by atoms with E-state index in [4.69, 9.17) is 0 Å². The molecule has 70 valence electrons. The van der Waals surface area contributed by atoms with Gasteiger partial charge in [-0.15, -0.1) is 0 Å². The first kappa shape index (κ1) is 10.3. The minimum absolute atomic E-state index is 0.616. The van der Waals surface area contributed by atoms with Crippen LogP contribution in [0.3, 0.4) is 0 Å². The fourth-order valence-corrected chi connectivity index (χ4v) is 3.92. The summed E-state index contributed by atoms with van der Waals surface area (Å²) in [6.07, 6.45) is 1.90. The Balaban J connectivity index is 2.83. The van der Waals surface area contributed by atoms with Gasteiger partial charge < -0.3 is 0 Å². The van der Waals surface area contributed by atoms with Crippen molar-refractivity contribution in [2.75, 3.05) is 0 Å². The molecule has 1 rings (SSSR count). The highest BCUT2D eigenvalue weighted by molar-refractivity contribution is 6.73. The summed E-state index contributed by atoms with van der Waals surface area (Å²) in [6.45, 7) is 8.37. The Kier molecular flexibility index (Phi) is 3.97. The van der Waals surface area contributed by atoms with Gasteiger partial charge in [-0.05, 0) is 5.56 Å². The zero-order valence-corrected chi connectivity index (χ0v) is 9.74. The monoisotopic (exact) mass is 190 g/mol. The number of benzene rings is 1. The van der Waals surface area contributed by atoms with E-state index < -0.39 is 8.80 Å². The van der Waals surface area contributed by atoms with Gasteiger partial charge in [-0.25, -0.2) is 0 Å². The number of hydrogen-bond donors (Lipinski definition) is 0. The molecule has 0 aliphatic heterocycles. The second kappa shape index (κ2) is 5.03. The highest BCUT2D eigenvalue weighted by atomic mass is 28.3. The predicted octanol–water partition coefficient (Wildman–Crippen LogP) is 2.80. The Morgan fingerprint density at radius 3 is 2.08 bits per heavy atom. The van der Waals surface area contributed by atoms with Crippen LogP contribution >= 0.6 is 0 Å². The van der Waals surface area contributed by atoms with Crippen LogP contribution in [0.2, 0.25) is 12.1 Å². The molecule has 0 aliphatic rings. The molecule has 0 aromatic heterocycles. The molecule has 1 heteroatoms. The summed E-state index contributed by atoms with van der Waals surface area (Å²) in [7, 11) is -0.616. The van der Waals surface area contributed by atoms with Crippen molar-refractivity contribution in [3.63, 3.8) is 0 Å².